The summed E-state index contributed by atoms with van der Waals surface area (Å²) in [5, 5.41) is 5.00. The van der Waals surface area contributed by atoms with Crippen molar-refractivity contribution in [3.63, 3.8) is 0 Å². The summed E-state index contributed by atoms with van der Waals surface area (Å²) in [6, 6.07) is 4.10. The Morgan fingerprint density at radius 2 is 2.11 bits per heavy atom. The van der Waals surface area contributed by atoms with E-state index in [4.69, 9.17) is 26.6 Å². The summed E-state index contributed by atoms with van der Waals surface area (Å²) in [4.78, 5) is 29.7. The highest BCUT2D eigenvalue weighted by Gasteiger charge is 2.26. The van der Waals surface area contributed by atoms with Gasteiger partial charge in [-0.15, -0.1) is 5.10 Å². The molecule has 1 aromatic carbocycles. The van der Waals surface area contributed by atoms with Crippen LogP contribution in [0, 0.1) is 5.82 Å². The number of nitrogens with two attached hydrogens (primary N) is 1. The number of esters is 1. The van der Waals surface area contributed by atoms with Crippen LogP contribution in [-0.4, -0.2) is 65.5 Å². The number of piperidine rings is 1. The SMILES string of the molecule is CCOC(=O)c1cn2nc(N3CCC[C@@H](N)C3)c(Cc3cc(F)ccc3Cl)c2c(=O)[nH]1.CS(=O)(=O)O. The minimum atomic E-state index is -3.67. The normalized spacial score (nSPS) is 15.9. The van der Waals surface area contributed by atoms with Crippen molar-refractivity contribution in [2.45, 2.75) is 32.2 Å². The van der Waals surface area contributed by atoms with Gasteiger partial charge in [-0.1, -0.05) is 11.6 Å². The molecule has 1 fully saturated rings. The summed E-state index contributed by atoms with van der Waals surface area (Å²) >= 11 is 6.29. The lowest BCUT2D eigenvalue weighted by atomic mass is 10.0. The molecule has 1 atom stereocenters. The predicted octanol–water partition coefficient (Wildman–Crippen LogP) is 2.01. The first-order valence-corrected chi connectivity index (χ1v) is 13.3. The Hall–Kier alpha value is -3.00. The fraction of sp³-hybridized carbons (Fsp3) is 0.409. The van der Waals surface area contributed by atoms with E-state index < -0.39 is 27.5 Å². The average molecular weight is 544 g/mol. The van der Waals surface area contributed by atoms with E-state index in [2.05, 4.69) is 10.1 Å². The number of anilines is 1. The van der Waals surface area contributed by atoms with Crippen molar-refractivity contribution in [1.82, 2.24) is 14.6 Å². The number of nitrogens with zero attached hydrogens (tertiary/aromatic N) is 3. The zero-order valence-corrected chi connectivity index (χ0v) is 21.3. The quantitative estimate of drug-likeness (QED) is 0.323. The zero-order valence-electron chi connectivity index (χ0n) is 19.7. The molecule has 1 aliphatic rings. The predicted molar refractivity (Wildman–Crippen MR) is 133 cm³/mol. The number of halogens is 2. The van der Waals surface area contributed by atoms with Crippen molar-refractivity contribution < 1.29 is 26.9 Å². The van der Waals surface area contributed by atoms with Crippen molar-refractivity contribution in [2.75, 3.05) is 30.9 Å². The Kier molecular flexibility index (Phi) is 8.71. The fourth-order valence-corrected chi connectivity index (χ4v) is 4.11. The highest BCUT2D eigenvalue weighted by molar-refractivity contribution is 7.85. The summed E-state index contributed by atoms with van der Waals surface area (Å²) in [6.07, 6.45) is 4.14. The second-order valence-electron chi connectivity index (χ2n) is 8.31. The number of carbonyl (C=O) groups is 1. The van der Waals surface area contributed by atoms with Crippen LogP contribution < -0.4 is 16.2 Å². The number of hydrogen-bond donors (Lipinski definition) is 3. The number of benzene rings is 1. The van der Waals surface area contributed by atoms with Crippen molar-refractivity contribution in [3.8, 4) is 0 Å². The molecule has 11 nitrogen and oxygen atoms in total. The maximum atomic E-state index is 13.9. The molecule has 1 aliphatic heterocycles. The van der Waals surface area contributed by atoms with Crippen molar-refractivity contribution in [3.05, 3.63) is 62.4 Å². The highest BCUT2D eigenvalue weighted by atomic mass is 35.5. The van der Waals surface area contributed by atoms with Gasteiger partial charge < -0.3 is 20.4 Å². The van der Waals surface area contributed by atoms with Crippen molar-refractivity contribution >= 4 is 39.0 Å². The van der Waals surface area contributed by atoms with E-state index in [1.807, 2.05) is 4.90 Å². The maximum absolute atomic E-state index is 13.9. The van der Waals surface area contributed by atoms with Gasteiger partial charge in [-0.2, -0.15) is 8.42 Å². The van der Waals surface area contributed by atoms with Crippen LogP contribution >= 0.6 is 11.6 Å². The number of aromatic nitrogens is 3. The molecular formula is C22H27ClFN5O6S. The lowest BCUT2D eigenvalue weighted by Gasteiger charge is -2.31. The van der Waals surface area contributed by atoms with Crippen LogP contribution in [0.25, 0.3) is 5.52 Å². The standard InChI is InChI=1S/C21H23ClFN5O3.CH4O3S/c1-2-31-21(30)17-11-28-18(20(29)25-17)15(9-12-8-13(23)5-6-16(12)22)19(26-28)27-7-3-4-14(24)10-27;1-5(2,3)4/h5-6,8,11,14H,2-4,7,9-10,24H2,1H3,(H,25,29);1H3,(H,2,3,4)/t14-;/m1./s1. The van der Waals surface area contributed by atoms with Crippen LogP contribution in [0.5, 0.6) is 0 Å². The summed E-state index contributed by atoms with van der Waals surface area (Å²) in [6.45, 7) is 3.17. The third-order valence-corrected chi connectivity index (χ3v) is 5.70. The Labute approximate surface area is 211 Å². The highest BCUT2D eigenvalue weighted by Crippen LogP contribution is 2.30. The van der Waals surface area contributed by atoms with Gasteiger partial charge in [0, 0.05) is 36.1 Å². The fourth-order valence-electron chi connectivity index (χ4n) is 3.93. The number of H-pyrrole nitrogens is 1. The van der Waals surface area contributed by atoms with E-state index >= 15 is 0 Å². The Morgan fingerprint density at radius 3 is 2.75 bits per heavy atom. The molecule has 0 radical (unpaired) electrons. The van der Waals surface area contributed by atoms with Gasteiger partial charge in [0.05, 0.1) is 19.1 Å². The summed E-state index contributed by atoms with van der Waals surface area (Å²) in [7, 11) is -3.67. The largest absolute Gasteiger partial charge is 0.461 e. The third-order valence-electron chi connectivity index (χ3n) is 5.33. The van der Waals surface area contributed by atoms with E-state index in [1.54, 1.807) is 6.92 Å². The number of rotatable bonds is 5. The minimum absolute atomic E-state index is 0.000849. The molecule has 0 unspecified atom stereocenters. The van der Waals surface area contributed by atoms with E-state index in [-0.39, 0.29) is 30.3 Å². The zero-order chi connectivity index (χ0) is 26.6. The van der Waals surface area contributed by atoms with Gasteiger partial charge in [0.15, 0.2) is 5.82 Å². The van der Waals surface area contributed by atoms with Gasteiger partial charge in [-0.05, 0) is 43.5 Å². The number of hydrogen-bond acceptors (Lipinski definition) is 8. The molecule has 36 heavy (non-hydrogen) atoms. The Bertz CT molecular complexity index is 1420. The van der Waals surface area contributed by atoms with Gasteiger partial charge in [0.1, 0.15) is 17.0 Å². The lowest BCUT2D eigenvalue weighted by Crippen LogP contribution is -2.43. The maximum Gasteiger partial charge on any atom is 0.356 e. The molecule has 0 saturated carbocycles. The molecule has 4 N–H and O–H groups in total. The van der Waals surface area contributed by atoms with Crippen molar-refractivity contribution in [1.29, 1.82) is 0 Å². The van der Waals surface area contributed by atoms with E-state index in [9.17, 15) is 22.4 Å². The minimum Gasteiger partial charge on any atom is -0.461 e. The third kappa shape index (κ3) is 7.03. The van der Waals surface area contributed by atoms with Crippen LogP contribution in [-0.2, 0) is 21.3 Å². The van der Waals surface area contributed by atoms with Crippen LogP contribution in [0.3, 0.4) is 0 Å². The molecule has 0 amide bonds. The van der Waals surface area contributed by atoms with Crippen LogP contribution in [0.2, 0.25) is 5.02 Å². The first kappa shape index (κ1) is 27.6. The molecule has 14 heteroatoms. The van der Waals surface area contributed by atoms with E-state index in [1.165, 1.54) is 28.9 Å². The second kappa shape index (κ2) is 11.4. The molecule has 196 valence electrons. The van der Waals surface area contributed by atoms with Gasteiger partial charge in [0.2, 0.25) is 0 Å². The molecule has 0 spiro atoms. The first-order valence-electron chi connectivity index (χ1n) is 11.1. The number of nitrogens with one attached hydrogen (secondary N) is 1. The molecule has 1 saturated heterocycles. The van der Waals surface area contributed by atoms with Gasteiger partial charge in [-0.25, -0.2) is 13.7 Å². The number of ether oxygens (including phenoxy) is 1. The number of carbonyl (C=O) groups excluding carboxylic acids is 1. The number of fused-ring (bicyclic) bond motifs is 1. The second-order valence-corrected chi connectivity index (χ2v) is 10.2. The molecule has 4 rings (SSSR count). The average Bonchev–Trinajstić information content (AvgIpc) is 3.14. The summed E-state index contributed by atoms with van der Waals surface area (Å²) < 4.78 is 46.1. The molecule has 0 bridgehead atoms. The van der Waals surface area contributed by atoms with E-state index in [0.717, 1.165) is 19.4 Å². The van der Waals surface area contributed by atoms with Gasteiger partial charge in [-0.3, -0.25) is 9.35 Å². The first-order chi connectivity index (χ1) is 16.9. The smallest absolute Gasteiger partial charge is 0.356 e. The van der Waals surface area contributed by atoms with Crippen LogP contribution in [0.1, 0.15) is 41.4 Å². The van der Waals surface area contributed by atoms with Gasteiger partial charge >= 0.3 is 5.97 Å². The molecule has 3 aromatic rings. The monoisotopic (exact) mass is 543 g/mol. The number of aromatic amines is 1. The topological polar surface area (TPSA) is 160 Å². The molecular weight excluding hydrogens is 517 g/mol. The van der Waals surface area contributed by atoms with E-state index in [0.29, 0.717) is 34.8 Å². The van der Waals surface area contributed by atoms with Crippen LogP contribution in [0.4, 0.5) is 10.2 Å². The van der Waals surface area contributed by atoms with Gasteiger partial charge in [0.25, 0.3) is 15.7 Å². The lowest BCUT2D eigenvalue weighted by molar-refractivity contribution is 0.0518. The Balaban J connectivity index is 0.000000658. The summed E-state index contributed by atoms with van der Waals surface area (Å²) in [5.41, 5.74) is 7.06. The molecule has 3 heterocycles. The van der Waals surface area contributed by atoms with Crippen LogP contribution in [0.15, 0.2) is 29.2 Å². The molecule has 2 aromatic heterocycles. The Morgan fingerprint density at radius 1 is 1.42 bits per heavy atom. The summed E-state index contributed by atoms with van der Waals surface area (Å²) in [5.74, 6) is -0.494. The van der Waals surface area contributed by atoms with Crippen molar-refractivity contribution in [2.24, 2.45) is 5.73 Å². The molecule has 0 aliphatic carbocycles.